The first kappa shape index (κ1) is 35.1. The predicted molar refractivity (Wildman–Crippen MR) is 186 cm³/mol. The summed E-state index contributed by atoms with van der Waals surface area (Å²) >= 11 is 1.73. The molecule has 1 N–H and O–H groups in total. The summed E-state index contributed by atoms with van der Waals surface area (Å²) in [6, 6.07) is 7.42. The van der Waals surface area contributed by atoms with Crippen LogP contribution in [-0.2, 0) is 14.4 Å². The Labute approximate surface area is 274 Å². The number of hydrogen-bond donors (Lipinski definition) is 1. The quantitative estimate of drug-likeness (QED) is 0.169. The highest BCUT2D eigenvalue weighted by Gasteiger charge is 2.77. The fourth-order valence-corrected chi connectivity index (χ4v) is 10.4. The number of carbonyl (C=O) groups is 3. The van der Waals surface area contributed by atoms with E-state index < -0.39 is 27.4 Å². The second-order valence-electron chi connectivity index (χ2n) is 12.9. The lowest BCUT2D eigenvalue weighted by Crippen LogP contribution is -2.55. The van der Waals surface area contributed by atoms with Gasteiger partial charge in [-0.25, -0.2) is 0 Å². The third-order valence-corrected chi connectivity index (χ3v) is 12.1. The van der Waals surface area contributed by atoms with Crippen molar-refractivity contribution in [3.05, 3.63) is 49.6 Å². The molecule has 1 aromatic rings. The number of thioether (sulfide) groups is 1. The Morgan fingerprint density at radius 1 is 0.978 bits per heavy atom. The molecule has 8 nitrogen and oxygen atoms in total. The second-order valence-corrected chi connectivity index (χ2v) is 14.8. The van der Waals surface area contributed by atoms with Crippen molar-refractivity contribution in [2.45, 2.75) is 88.2 Å². The van der Waals surface area contributed by atoms with E-state index in [0.717, 1.165) is 69.4 Å². The molecule has 3 aliphatic rings. The average Bonchev–Trinajstić information content (AvgIpc) is 3.60. The number of nitrogens with zero attached hydrogens (tertiary/aromatic N) is 4. The Balaban J connectivity index is 1.74. The van der Waals surface area contributed by atoms with Crippen LogP contribution in [0.25, 0.3) is 0 Å². The highest BCUT2D eigenvalue weighted by Crippen LogP contribution is 2.71. The number of fused-ring (bicyclic) bond motifs is 1. The molecule has 3 fully saturated rings. The van der Waals surface area contributed by atoms with Crippen LogP contribution in [0.3, 0.4) is 0 Å². The molecule has 1 aromatic carbocycles. The molecule has 5 atom stereocenters. The van der Waals surface area contributed by atoms with Crippen LogP contribution in [0.2, 0.25) is 0 Å². The van der Waals surface area contributed by atoms with Gasteiger partial charge in [-0.15, -0.1) is 24.9 Å². The largest absolute Gasteiger partial charge is 0.396 e. The van der Waals surface area contributed by atoms with Crippen molar-refractivity contribution < 1.29 is 19.5 Å². The van der Waals surface area contributed by atoms with Crippen LogP contribution in [0.15, 0.2) is 49.6 Å². The van der Waals surface area contributed by atoms with Crippen LogP contribution in [0, 0.1) is 11.8 Å². The van der Waals surface area contributed by atoms with Crippen LogP contribution in [0.1, 0.15) is 72.6 Å². The number of aliphatic hydroxyl groups excluding tert-OH is 1. The third kappa shape index (κ3) is 6.57. The summed E-state index contributed by atoms with van der Waals surface area (Å²) in [7, 11) is 0. The van der Waals surface area contributed by atoms with E-state index >= 15 is 0 Å². The van der Waals surface area contributed by atoms with E-state index in [4.69, 9.17) is 0 Å². The first-order valence-corrected chi connectivity index (χ1v) is 17.8. The summed E-state index contributed by atoms with van der Waals surface area (Å²) in [5, 5.41) is 9.27. The van der Waals surface area contributed by atoms with Gasteiger partial charge in [0.2, 0.25) is 11.8 Å². The number of carbonyl (C=O) groups excluding carboxylic acids is 3. The minimum atomic E-state index is -0.668. The number of likely N-dealkylation sites (tertiary alicyclic amines) is 1. The van der Waals surface area contributed by atoms with Gasteiger partial charge in [-0.1, -0.05) is 31.9 Å². The van der Waals surface area contributed by atoms with Gasteiger partial charge in [-0.05, 0) is 77.1 Å². The molecule has 0 aliphatic carbocycles. The fourth-order valence-electron chi connectivity index (χ4n) is 8.01. The lowest BCUT2D eigenvalue weighted by Gasteiger charge is -2.38. The number of benzene rings is 1. The maximum Gasteiger partial charge on any atom is 0.251 e. The number of amides is 3. The van der Waals surface area contributed by atoms with Gasteiger partial charge in [0.1, 0.15) is 6.04 Å². The lowest BCUT2D eigenvalue weighted by molar-refractivity contribution is -0.145. The molecule has 45 heavy (non-hydrogen) atoms. The predicted octanol–water partition coefficient (Wildman–Crippen LogP) is 5.51. The molecule has 0 radical (unpaired) electrons. The van der Waals surface area contributed by atoms with Crippen LogP contribution < -0.4 is 9.80 Å². The van der Waals surface area contributed by atoms with Crippen molar-refractivity contribution in [2.24, 2.45) is 11.8 Å². The molecule has 0 saturated carbocycles. The molecule has 2 bridgehead atoms. The third-order valence-electron chi connectivity index (χ3n) is 10.1. The summed E-state index contributed by atoms with van der Waals surface area (Å²) in [6.45, 7) is 20.1. The summed E-state index contributed by atoms with van der Waals surface area (Å²) in [4.78, 5) is 51.5. The molecule has 0 aromatic heterocycles. The Morgan fingerprint density at radius 3 is 2.22 bits per heavy atom. The minimum absolute atomic E-state index is 0.0117. The van der Waals surface area contributed by atoms with Crippen molar-refractivity contribution in [1.29, 1.82) is 0 Å². The van der Waals surface area contributed by atoms with Gasteiger partial charge >= 0.3 is 0 Å². The summed E-state index contributed by atoms with van der Waals surface area (Å²) in [6.07, 6.45) is 9.04. The monoisotopic (exact) mass is 638 g/mol. The zero-order valence-corrected chi connectivity index (χ0v) is 28.7. The molecule has 2 unspecified atom stereocenters. The van der Waals surface area contributed by atoms with Gasteiger partial charge in [0.25, 0.3) is 5.91 Å². The molecule has 3 heterocycles. The number of unbranched alkanes of at least 4 members (excludes halogenated alkanes) is 3. The molecule has 3 amide bonds. The van der Waals surface area contributed by atoms with Gasteiger partial charge in [0.15, 0.2) is 0 Å². The zero-order valence-electron chi connectivity index (χ0n) is 27.9. The van der Waals surface area contributed by atoms with Crippen molar-refractivity contribution in [2.75, 3.05) is 55.7 Å². The van der Waals surface area contributed by atoms with E-state index in [0.29, 0.717) is 26.2 Å². The van der Waals surface area contributed by atoms with Gasteiger partial charge in [0.05, 0.1) is 16.6 Å². The summed E-state index contributed by atoms with van der Waals surface area (Å²) in [5.41, 5.74) is 1.88. The smallest absolute Gasteiger partial charge is 0.251 e. The standard InChI is InChI=1S/C36H54N4O4S/c1-7-22-38(23-8-2)32(42)29-30-33(43)40(25-14-12-13-15-26-41)31(36(30)21-20-35(29,6)45-36)34(44)39(24-9-3)28-18-16-27(17-19-28)37(10-4)11-5/h7,9,16-19,29-31,41H,1,3,8,10-15,20-26H2,2,4-6H3/t29-,30-,31?,35+,36?/m0/s1. The van der Waals surface area contributed by atoms with E-state index in [1.165, 1.54) is 0 Å². The molecule has 3 aliphatic heterocycles. The number of aliphatic hydroxyl groups is 1. The second kappa shape index (κ2) is 15.2. The maximum atomic E-state index is 14.9. The first-order chi connectivity index (χ1) is 21.7. The van der Waals surface area contributed by atoms with E-state index in [1.807, 2.05) is 21.9 Å². The highest BCUT2D eigenvalue weighted by molar-refractivity contribution is 8.02. The molecule has 4 rings (SSSR count). The SMILES string of the molecule is C=CCN(CCC)C(=O)[C@@H]1[C@H]2C(=O)N(CCCCCCO)C(C(=O)N(CC=C)c3ccc(N(CC)CC)cc3)C23CC[C@@]1(C)S3. The minimum Gasteiger partial charge on any atom is -0.396 e. The fraction of sp³-hybridized carbons (Fsp3) is 0.639. The van der Waals surface area contributed by atoms with Crippen LogP contribution in [0.5, 0.6) is 0 Å². The molecular weight excluding hydrogens is 584 g/mol. The van der Waals surface area contributed by atoms with Gasteiger partial charge in [-0.2, -0.15) is 0 Å². The van der Waals surface area contributed by atoms with Crippen molar-refractivity contribution in [1.82, 2.24) is 9.80 Å². The Hall–Kier alpha value is -2.78. The van der Waals surface area contributed by atoms with Gasteiger partial charge < -0.3 is 24.7 Å². The Kier molecular flexibility index (Phi) is 11.9. The summed E-state index contributed by atoms with van der Waals surface area (Å²) in [5.74, 6) is -1.17. The van der Waals surface area contributed by atoms with Crippen molar-refractivity contribution in [3.63, 3.8) is 0 Å². The maximum absolute atomic E-state index is 14.9. The van der Waals surface area contributed by atoms with Crippen LogP contribution >= 0.6 is 11.8 Å². The number of anilines is 2. The zero-order chi connectivity index (χ0) is 32.8. The molecule has 3 saturated heterocycles. The highest BCUT2D eigenvalue weighted by atomic mass is 32.2. The van der Waals surface area contributed by atoms with E-state index in [1.54, 1.807) is 28.8 Å². The van der Waals surface area contributed by atoms with Crippen molar-refractivity contribution in [3.8, 4) is 0 Å². The van der Waals surface area contributed by atoms with E-state index in [-0.39, 0.29) is 24.3 Å². The normalized spacial score (nSPS) is 26.6. The lowest BCUT2D eigenvalue weighted by atomic mass is 9.66. The van der Waals surface area contributed by atoms with Crippen LogP contribution in [0.4, 0.5) is 11.4 Å². The Morgan fingerprint density at radius 2 is 1.62 bits per heavy atom. The molecule has 9 heteroatoms. The molecule has 248 valence electrons. The Bertz CT molecular complexity index is 1220. The molecular formula is C36H54N4O4S. The van der Waals surface area contributed by atoms with E-state index in [9.17, 15) is 19.5 Å². The molecule has 1 spiro atoms. The van der Waals surface area contributed by atoms with E-state index in [2.05, 4.69) is 57.9 Å². The first-order valence-electron chi connectivity index (χ1n) is 17.0. The summed E-state index contributed by atoms with van der Waals surface area (Å²) < 4.78 is -1.08. The van der Waals surface area contributed by atoms with Crippen molar-refractivity contribution >= 4 is 40.9 Å². The van der Waals surface area contributed by atoms with Gasteiger partial charge in [-0.3, -0.25) is 14.4 Å². The topological polar surface area (TPSA) is 84.4 Å². The van der Waals surface area contributed by atoms with Gasteiger partial charge in [0, 0.05) is 62.0 Å². The van der Waals surface area contributed by atoms with Crippen LogP contribution in [-0.4, -0.2) is 94.0 Å². The number of hydrogen-bond acceptors (Lipinski definition) is 6. The number of rotatable bonds is 18. The average molecular weight is 639 g/mol.